The van der Waals surface area contributed by atoms with E-state index in [2.05, 4.69) is 5.32 Å². The van der Waals surface area contributed by atoms with Gasteiger partial charge in [0.1, 0.15) is 11.0 Å². The zero-order valence-corrected chi connectivity index (χ0v) is 13.7. The molecule has 1 atom stereocenters. The van der Waals surface area contributed by atoms with Gasteiger partial charge < -0.3 is 15.8 Å². The van der Waals surface area contributed by atoms with Crippen molar-refractivity contribution in [3.63, 3.8) is 0 Å². The van der Waals surface area contributed by atoms with Gasteiger partial charge in [0.15, 0.2) is 0 Å². The van der Waals surface area contributed by atoms with Crippen molar-refractivity contribution in [3.8, 4) is 0 Å². The van der Waals surface area contributed by atoms with Gasteiger partial charge in [0.25, 0.3) is 0 Å². The Labute approximate surface area is 129 Å². The average Bonchev–Trinajstić information content (AvgIpc) is 2.42. The van der Waals surface area contributed by atoms with E-state index in [0.29, 0.717) is 4.99 Å². The lowest BCUT2D eigenvalue weighted by molar-refractivity contribution is -0.142. The minimum Gasteiger partial charge on any atom is -0.467 e. The normalized spacial score (nSPS) is 12.1. The summed E-state index contributed by atoms with van der Waals surface area (Å²) in [7, 11) is 1.38. The Morgan fingerprint density at radius 3 is 2.55 bits per heavy atom. The number of nitrogens with two attached hydrogens (primary N) is 1. The fraction of sp³-hybridized carbons (Fsp3) is 0.429. The number of carbonyl (C=O) groups is 1. The number of ether oxygens (including phenoxy) is 1. The quantitative estimate of drug-likeness (QED) is 0.478. The van der Waals surface area contributed by atoms with E-state index in [1.54, 1.807) is 11.8 Å². The maximum Gasteiger partial charge on any atom is 0.328 e. The van der Waals surface area contributed by atoms with E-state index in [1.165, 1.54) is 7.11 Å². The summed E-state index contributed by atoms with van der Waals surface area (Å²) in [6.45, 7) is 3.90. The monoisotopic (exact) mass is 312 g/mol. The number of rotatable bonds is 6. The second-order valence-electron chi connectivity index (χ2n) is 4.64. The first-order valence-electron chi connectivity index (χ1n) is 6.23. The molecule has 0 aliphatic heterocycles. The van der Waals surface area contributed by atoms with Crippen molar-refractivity contribution >= 4 is 40.6 Å². The van der Waals surface area contributed by atoms with Gasteiger partial charge in [0.05, 0.1) is 7.11 Å². The lowest BCUT2D eigenvalue weighted by Crippen LogP contribution is -2.36. The maximum absolute atomic E-state index is 11.8. The molecular weight excluding hydrogens is 292 g/mol. The molecule has 1 rings (SSSR count). The molecule has 0 fully saturated rings. The lowest BCUT2D eigenvalue weighted by Gasteiger charge is -2.23. The first-order chi connectivity index (χ1) is 9.42. The van der Waals surface area contributed by atoms with E-state index in [4.69, 9.17) is 22.7 Å². The molecule has 3 N–H and O–H groups in total. The summed E-state index contributed by atoms with van der Waals surface area (Å²) in [5, 5.41) is 3.20. The number of nitrogens with one attached hydrogen (secondary N) is 1. The highest BCUT2D eigenvalue weighted by atomic mass is 32.2. The van der Waals surface area contributed by atoms with Crippen LogP contribution in [0.25, 0.3) is 0 Å². The summed E-state index contributed by atoms with van der Waals surface area (Å²) < 4.78 is 4.83. The van der Waals surface area contributed by atoms with Gasteiger partial charge in [0.2, 0.25) is 0 Å². The van der Waals surface area contributed by atoms with Gasteiger partial charge >= 0.3 is 5.97 Å². The van der Waals surface area contributed by atoms with Crippen LogP contribution in [0.5, 0.6) is 0 Å². The Balaban J connectivity index is 3.19. The SMILES string of the molecule is COC(=O)C(Nc1cccc(SC)c1C(N)=S)C(C)C. The molecule has 1 aromatic carbocycles. The van der Waals surface area contributed by atoms with Crippen LogP contribution >= 0.6 is 24.0 Å². The van der Waals surface area contributed by atoms with Gasteiger partial charge in [-0.1, -0.05) is 32.1 Å². The van der Waals surface area contributed by atoms with Crippen LogP contribution in [0.2, 0.25) is 0 Å². The topological polar surface area (TPSA) is 64.3 Å². The summed E-state index contributed by atoms with van der Waals surface area (Å²) >= 11 is 6.69. The molecular formula is C14H20N2O2S2. The molecule has 0 amide bonds. The summed E-state index contributed by atoms with van der Waals surface area (Å²) in [4.78, 5) is 13.1. The number of esters is 1. The molecule has 0 saturated heterocycles. The molecule has 0 radical (unpaired) electrons. The number of thiocarbonyl (C=S) groups is 1. The Morgan fingerprint density at radius 2 is 2.10 bits per heavy atom. The Morgan fingerprint density at radius 1 is 1.45 bits per heavy atom. The zero-order chi connectivity index (χ0) is 15.3. The van der Waals surface area contributed by atoms with Crippen LogP contribution in [0.1, 0.15) is 19.4 Å². The van der Waals surface area contributed by atoms with Crippen LogP contribution in [0.15, 0.2) is 23.1 Å². The van der Waals surface area contributed by atoms with Gasteiger partial charge in [-0.25, -0.2) is 4.79 Å². The number of thioether (sulfide) groups is 1. The summed E-state index contributed by atoms with van der Waals surface area (Å²) in [6.07, 6.45) is 1.96. The Kier molecular flexibility index (Phi) is 6.29. The molecule has 1 unspecified atom stereocenters. The molecule has 0 spiro atoms. The third-order valence-electron chi connectivity index (χ3n) is 2.93. The third kappa shape index (κ3) is 3.86. The van der Waals surface area contributed by atoms with Gasteiger partial charge in [-0.05, 0) is 24.3 Å². The van der Waals surface area contributed by atoms with E-state index >= 15 is 0 Å². The molecule has 0 aliphatic carbocycles. The molecule has 0 bridgehead atoms. The summed E-state index contributed by atoms with van der Waals surface area (Å²) in [6, 6.07) is 5.29. The van der Waals surface area contributed by atoms with E-state index in [1.807, 2.05) is 38.3 Å². The third-order valence-corrected chi connectivity index (χ3v) is 3.91. The van der Waals surface area contributed by atoms with Crippen molar-refractivity contribution in [2.45, 2.75) is 24.8 Å². The van der Waals surface area contributed by atoms with Crippen molar-refractivity contribution in [1.29, 1.82) is 0 Å². The van der Waals surface area contributed by atoms with Crippen molar-refractivity contribution in [3.05, 3.63) is 23.8 Å². The molecule has 110 valence electrons. The van der Waals surface area contributed by atoms with Gasteiger partial charge in [-0.15, -0.1) is 11.8 Å². The lowest BCUT2D eigenvalue weighted by atomic mass is 10.0. The first kappa shape index (κ1) is 16.8. The number of hydrogen-bond donors (Lipinski definition) is 2. The minimum atomic E-state index is -0.440. The predicted molar refractivity (Wildman–Crippen MR) is 88.4 cm³/mol. The number of benzene rings is 1. The highest BCUT2D eigenvalue weighted by Gasteiger charge is 2.24. The van der Waals surface area contributed by atoms with Crippen molar-refractivity contribution in [1.82, 2.24) is 0 Å². The van der Waals surface area contributed by atoms with Crippen molar-refractivity contribution in [2.24, 2.45) is 11.7 Å². The molecule has 6 heteroatoms. The van der Waals surface area contributed by atoms with Crippen molar-refractivity contribution in [2.75, 3.05) is 18.7 Å². The second kappa shape index (κ2) is 7.50. The van der Waals surface area contributed by atoms with Gasteiger partial charge in [0, 0.05) is 16.1 Å². The molecule has 0 heterocycles. The van der Waals surface area contributed by atoms with Crippen molar-refractivity contribution < 1.29 is 9.53 Å². The molecule has 0 aliphatic rings. The number of hydrogen-bond acceptors (Lipinski definition) is 5. The largest absolute Gasteiger partial charge is 0.467 e. The minimum absolute atomic E-state index is 0.0829. The molecule has 1 aromatic rings. The van der Waals surface area contributed by atoms with Crippen LogP contribution in [0, 0.1) is 5.92 Å². The van der Waals surface area contributed by atoms with Crippen LogP contribution in [-0.2, 0) is 9.53 Å². The standard InChI is InChI=1S/C14H20N2O2S2/c1-8(2)12(14(17)18-3)16-9-6-5-7-10(20-4)11(9)13(15)19/h5-8,12,16H,1-4H3,(H2,15,19). The van der Waals surface area contributed by atoms with Gasteiger partial charge in [-0.3, -0.25) is 0 Å². The van der Waals surface area contributed by atoms with Crippen LogP contribution in [0.3, 0.4) is 0 Å². The molecule has 0 aromatic heterocycles. The maximum atomic E-state index is 11.8. The Hall–Kier alpha value is -1.27. The zero-order valence-electron chi connectivity index (χ0n) is 12.1. The molecule has 20 heavy (non-hydrogen) atoms. The second-order valence-corrected chi connectivity index (χ2v) is 5.92. The number of anilines is 1. The Bertz CT molecular complexity index is 504. The van der Waals surface area contributed by atoms with Gasteiger partial charge in [-0.2, -0.15) is 0 Å². The number of carbonyl (C=O) groups excluding carboxylic acids is 1. The van der Waals surface area contributed by atoms with E-state index in [0.717, 1.165) is 16.1 Å². The summed E-state index contributed by atoms with van der Waals surface area (Å²) in [5.74, 6) is -0.219. The predicted octanol–water partition coefficient (Wildman–Crippen LogP) is 2.65. The fourth-order valence-electron chi connectivity index (χ4n) is 1.87. The molecule has 4 nitrogen and oxygen atoms in total. The van der Waals surface area contributed by atoms with Crippen LogP contribution in [0.4, 0.5) is 5.69 Å². The smallest absolute Gasteiger partial charge is 0.328 e. The van der Waals surface area contributed by atoms with Crippen LogP contribution < -0.4 is 11.1 Å². The highest BCUT2D eigenvalue weighted by Crippen LogP contribution is 2.28. The summed E-state index contributed by atoms with van der Waals surface area (Å²) in [5.41, 5.74) is 7.34. The van der Waals surface area contributed by atoms with Crippen LogP contribution in [-0.4, -0.2) is 30.4 Å². The average molecular weight is 312 g/mol. The molecule has 0 saturated carbocycles. The highest BCUT2D eigenvalue weighted by molar-refractivity contribution is 7.98. The van der Waals surface area contributed by atoms with E-state index in [-0.39, 0.29) is 11.9 Å². The van der Waals surface area contributed by atoms with E-state index in [9.17, 15) is 4.79 Å². The fourth-order valence-corrected chi connectivity index (χ4v) is 2.79. The van der Waals surface area contributed by atoms with E-state index < -0.39 is 6.04 Å². The number of methoxy groups -OCH3 is 1. The first-order valence-corrected chi connectivity index (χ1v) is 7.86.